The molecule has 2 aromatic heterocycles. The van der Waals surface area contributed by atoms with Crippen molar-refractivity contribution in [2.24, 2.45) is 0 Å². The minimum Gasteiger partial charge on any atom is -0.385 e. The summed E-state index contributed by atoms with van der Waals surface area (Å²) in [6, 6.07) is 12.1. The zero-order valence-electron chi connectivity index (χ0n) is 14.7. The van der Waals surface area contributed by atoms with Crippen LogP contribution in [0.2, 0.25) is 5.02 Å². The second kappa shape index (κ2) is 8.66. The quantitative estimate of drug-likeness (QED) is 0.611. The molecule has 0 saturated carbocycles. The van der Waals surface area contributed by atoms with Crippen LogP contribution in [0.5, 0.6) is 0 Å². The molecule has 7 nitrogen and oxygen atoms in total. The molecule has 0 aliphatic rings. The van der Waals surface area contributed by atoms with Gasteiger partial charge in [0.1, 0.15) is 0 Å². The number of nitrogens with one attached hydrogen (secondary N) is 2. The summed E-state index contributed by atoms with van der Waals surface area (Å²) in [7, 11) is 1.61. The van der Waals surface area contributed by atoms with Gasteiger partial charge in [-0.05, 0) is 36.8 Å². The highest BCUT2D eigenvalue weighted by Gasteiger charge is 2.21. The normalized spacial score (nSPS) is 10.7. The van der Waals surface area contributed by atoms with Crippen molar-refractivity contribution in [1.29, 1.82) is 0 Å². The third-order valence-corrected chi connectivity index (χ3v) is 4.09. The van der Waals surface area contributed by atoms with Crippen LogP contribution in [0, 0.1) is 0 Å². The van der Waals surface area contributed by atoms with Crippen molar-refractivity contribution in [2.45, 2.75) is 6.42 Å². The molecule has 3 rings (SSSR count). The number of methoxy groups -OCH3 is 1. The molecule has 1 aromatic carbocycles. The van der Waals surface area contributed by atoms with Crippen LogP contribution < -0.4 is 10.6 Å². The zero-order valence-corrected chi connectivity index (χ0v) is 15.5. The predicted molar refractivity (Wildman–Crippen MR) is 103 cm³/mol. The van der Waals surface area contributed by atoms with E-state index >= 15 is 0 Å². The van der Waals surface area contributed by atoms with Crippen molar-refractivity contribution in [2.75, 3.05) is 25.6 Å². The Labute approximate surface area is 161 Å². The van der Waals surface area contributed by atoms with Crippen LogP contribution in [0.15, 0.2) is 48.7 Å². The Morgan fingerprint density at radius 2 is 2.04 bits per heavy atom. The van der Waals surface area contributed by atoms with E-state index in [1.54, 1.807) is 60.2 Å². The summed E-state index contributed by atoms with van der Waals surface area (Å²) in [6.07, 6.45) is 2.38. The van der Waals surface area contributed by atoms with Gasteiger partial charge >= 0.3 is 0 Å². The molecule has 3 aromatic rings. The predicted octanol–water partition coefficient (Wildman–Crippen LogP) is 3.01. The monoisotopic (exact) mass is 386 g/mol. The first kappa shape index (κ1) is 18.9. The second-order valence-corrected chi connectivity index (χ2v) is 6.24. The number of halogens is 1. The minimum absolute atomic E-state index is 0.118. The molecule has 2 heterocycles. The molecular weight excluding hydrogens is 368 g/mol. The molecule has 140 valence electrons. The fourth-order valence-corrected chi connectivity index (χ4v) is 2.81. The molecule has 0 saturated heterocycles. The van der Waals surface area contributed by atoms with Gasteiger partial charge in [0.2, 0.25) is 5.82 Å². The number of benzene rings is 1. The number of amides is 2. The third kappa shape index (κ3) is 4.45. The van der Waals surface area contributed by atoms with Gasteiger partial charge in [0.05, 0.1) is 5.52 Å². The van der Waals surface area contributed by atoms with Gasteiger partial charge in [-0.3, -0.25) is 14.0 Å². The number of hydrogen-bond donors (Lipinski definition) is 2. The Hall–Kier alpha value is -2.90. The summed E-state index contributed by atoms with van der Waals surface area (Å²) in [5, 5.41) is 6.05. The van der Waals surface area contributed by atoms with Crippen LogP contribution in [0.4, 0.5) is 5.69 Å². The van der Waals surface area contributed by atoms with Crippen molar-refractivity contribution >= 4 is 34.6 Å². The summed E-state index contributed by atoms with van der Waals surface area (Å²) < 4.78 is 6.55. The number of aromatic nitrogens is 2. The highest BCUT2D eigenvalue weighted by atomic mass is 35.5. The lowest BCUT2D eigenvalue weighted by Crippen LogP contribution is -2.26. The largest absolute Gasteiger partial charge is 0.385 e. The number of pyridine rings is 1. The Kier molecular flexibility index (Phi) is 6.05. The number of carbonyl (C=O) groups excluding carboxylic acids is 2. The van der Waals surface area contributed by atoms with E-state index in [0.717, 1.165) is 0 Å². The summed E-state index contributed by atoms with van der Waals surface area (Å²) in [5.74, 6) is -0.652. The average molecular weight is 387 g/mol. The van der Waals surface area contributed by atoms with Gasteiger partial charge in [-0.15, -0.1) is 0 Å². The first-order chi connectivity index (χ1) is 13.1. The fraction of sp³-hybridized carbons (Fsp3) is 0.211. The van der Waals surface area contributed by atoms with E-state index in [0.29, 0.717) is 35.8 Å². The van der Waals surface area contributed by atoms with E-state index < -0.39 is 5.91 Å². The van der Waals surface area contributed by atoms with Crippen LogP contribution in [-0.2, 0) is 4.74 Å². The minimum atomic E-state index is -0.433. The number of hydrogen-bond acceptors (Lipinski definition) is 4. The number of rotatable bonds is 7. The number of ether oxygens (including phenoxy) is 1. The summed E-state index contributed by atoms with van der Waals surface area (Å²) in [6.45, 7) is 1.01. The van der Waals surface area contributed by atoms with Crippen LogP contribution in [0.1, 0.15) is 27.5 Å². The van der Waals surface area contributed by atoms with Gasteiger partial charge in [-0.25, -0.2) is 4.98 Å². The van der Waals surface area contributed by atoms with Gasteiger partial charge in [-0.1, -0.05) is 23.7 Å². The lowest BCUT2D eigenvalue weighted by atomic mass is 10.3. The highest BCUT2D eigenvalue weighted by Crippen LogP contribution is 2.18. The molecule has 27 heavy (non-hydrogen) atoms. The van der Waals surface area contributed by atoms with E-state index in [4.69, 9.17) is 16.3 Å². The maximum absolute atomic E-state index is 12.7. The first-order valence-electron chi connectivity index (χ1n) is 8.41. The van der Waals surface area contributed by atoms with Gasteiger partial charge in [0, 0.05) is 37.2 Å². The zero-order chi connectivity index (χ0) is 19.2. The Morgan fingerprint density at radius 3 is 2.81 bits per heavy atom. The summed E-state index contributed by atoms with van der Waals surface area (Å²) >= 11 is 5.95. The molecule has 0 spiro atoms. The molecule has 8 heteroatoms. The van der Waals surface area contributed by atoms with Crippen molar-refractivity contribution in [1.82, 2.24) is 14.7 Å². The molecule has 2 amide bonds. The third-order valence-electron chi connectivity index (χ3n) is 3.86. The summed E-state index contributed by atoms with van der Waals surface area (Å²) in [4.78, 5) is 29.5. The Balaban J connectivity index is 1.85. The van der Waals surface area contributed by atoms with E-state index in [1.807, 2.05) is 0 Å². The lowest BCUT2D eigenvalue weighted by Gasteiger charge is -2.04. The first-order valence-corrected chi connectivity index (χ1v) is 8.79. The van der Waals surface area contributed by atoms with Crippen molar-refractivity contribution in [3.05, 3.63) is 65.2 Å². The SMILES string of the molecule is COCCCNC(=O)c1nc(C(=O)Nc2cccc(Cl)c2)n2ccccc12. The van der Waals surface area contributed by atoms with Gasteiger partial charge < -0.3 is 15.4 Å². The Morgan fingerprint density at radius 1 is 1.19 bits per heavy atom. The molecule has 0 aliphatic carbocycles. The second-order valence-electron chi connectivity index (χ2n) is 5.81. The fourth-order valence-electron chi connectivity index (χ4n) is 2.62. The molecule has 0 atom stereocenters. The van der Waals surface area contributed by atoms with Crippen molar-refractivity contribution in [3.8, 4) is 0 Å². The van der Waals surface area contributed by atoms with Crippen LogP contribution in [0.25, 0.3) is 5.52 Å². The number of anilines is 1. The van der Waals surface area contributed by atoms with E-state index in [2.05, 4.69) is 15.6 Å². The molecule has 0 aliphatic heterocycles. The molecule has 0 bridgehead atoms. The standard InChI is InChI=1S/C19H19ClN4O3/c1-27-11-5-9-21-18(25)16-15-8-2-3-10-24(15)17(23-16)19(26)22-14-7-4-6-13(20)12-14/h2-4,6-8,10,12H,5,9,11H2,1H3,(H,21,25)(H,22,26). The highest BCUT2D eigenvalue weighted by molar-refractivity contribution is 6.31. The van der Waals surface area contributed by atoms with E-state index in [1.165, 1.54) is 0 Å². The van der Waals surface area contributed by atoms with Gasteiger partial charge in [0.25, 0.3) is 11.8 Å². The molecule has 0 fully saturated rings. The molecule has 0 unspecified atom stereocenters. The van der Waals surface area contributed by atoms with Crippen molar-refractivity contribution in [3.63, 3.8) is 0 Å². The van der Waals surface area contributed by atoms with Crippen molar-refractivity contribution < 1.29 is 14.3 Å². The topological polar surface area (TPSA) is 84.7 Å². The number of carbonyl (C=O) groups is 2. The summed E-state index contributed by atoms with van der Waals surface area (Å²) in [5.41, 5.74) is 1.30. The number of nitrogens with zero attached hydrogens (tertiary/aromatic N) is 2. The van der Waals surface area contributed by atoms with Crippen LogP contribution in [0.3, 0.4) is 0 Å². The molecule has 2 N–H and O–H groups in total. The van der Waals surface area contributed by atoms with Crippen LogP contribution >= 0.6 is 11.6 Å². The smallest absolute Gasteiger partial charge is 0.292 e. The lowest BCUT2D eigenvalue weighted by molar-refractivity contribution is 0.0946. The van der Waals surface area contributed by atoms with Gasteiger partial charge in [-0.2, -0.15) is 0 Å². The van der Waals surface area contributed by atoms with Gasteiger partial charge in [0.15, 0.2) is 5.69 Å². The number of imidazole rings is 1. The average Bonchev–Trinajstić information content (AvgIpc) is 3.05. The molecule has 0 radical (unpaired) electrons. The number of fused-ring (bicyclic) bond motifs is 1. The Bertz CT molecular complexity index is 970. The van der Waals surface area contributed by atoms with Crippen LogP contribution in [-0.4, -0.2) is 41.5 Å². The molecular formula is C19H19ClN4O3. The van der Waals surface area contributed by atoms with E-state index in [9.17, 15) is 9.59 Å². The maximum Gasteiger partial charge on any atom is 0.292 e. The van der Waals surface area contributed by atoms with E-state index in [-0.39, 0.29) is 17.4 Å². The maximum atomic E-state index is 12.7.